The van der Waals surface area contributed by atoms with E-state index in [0.29, 0.717) is 18.1 Å². The average Bonchev–Trinajstić information content (AvgIpc) is 2.75. The van der Waals surface area contributed by atoms with Crippen LogP contribution in [0, 0.1) is 0 Å². The molecule has 0 unspecified atom stereocenters. The summed E-state index contributed by atoms with van der Waals surface area (Å²) >= 11 is 0. The zero-order valence-corrected chi connectivity index (χ0v) is 15.9. The van der Waals surface area contributed by atoms with Crippen LogP contribution in [0.15, 0.2) is 83.0 Å². The first-order valence-corrected chi connectivity index (χ1v) is 8.94. The fourth-order valence-electron chi connectivity index (χ4n) is 2.41. The Kier molecular flexibility index (Phi) is 6.73. The number of rotatable bonds is 7. The number of hydrogen-bond donors (Lipinski definition) is 1. The van der Waals surface area contributed by atoms with Gasteiger partial charge in [-0.25, -0.2) is 4.99 Å². The summed E-state index contributed by atoms with van der Waals surface area (Å²) in [5.41, 5.74) is 5.41. The van der Waals surface area contributed by atoms with E-state index in [1.54, 1.807) is 19.5 Å². The van der Waals surface area contributed by atoms with Crippen molar-refractivity contribution < 1.29 is 9.47 Å². The summed E-state index contributed by atoms with van der Waals surface area (Å²) in [7, 11) is 1.64. The fourth-order valence-corrected chi connectivity index (χ4v) is 2.41. The van der Waals surface area contributed by atoms with E-state index in [4.69, 9.17) is 9.47 Å². The SMILES string of the molecule is CCOc1ccc(N=C(NN=Cc2ccc(OC)cc2)c2ccccn2)cc1. The molecule has 0 fully saturated rings. The molecule has 1 N–H and O–H groups in total. The molecule has 28 heavy (non-hydrogen) atoms. The highest BCUT2D eigenvalue weighted by Gasteiger charge is 2.04. The number of nitrogens with zero attached hydrogens (tertiary/aromatic N) is 3. The van der Waals surface area contributed by atoms with E-state index in [0.717, 1.165) is 22.7 Å². The van der Waals surface area contributed by atoms with Crippen LogP contribution < -0.4 is 14.9 Å². The molecule has 0 aliphatic rings. The molecule has 0 radical (unpaired) electrons. The second-order valence-electron chi connectivity index (χ2n) is 5.75. The van der Waals surface area contributed by atoms with Gasteiger partial charge in [0.05, 0.1) is 25.6 Å². The Hall–Kier alpha value is -3.67. The molecule has 3 rings (SSSR count). The largest absolute Gasteiger partial charge is 0.497 e. The van der Waals surface area contributed by atoms with Gasteiger partial charge in [0, 0.05) is 6.20 Å². The number of pyridine rings is 1. The summed E-state index contributed by atoms with van der Waals surface area (Å²) in [6.07, 6.45) is 3.44. The quantitative estimate of drug-likeness (QED) is 0.382. The summed E-state index contributed by atoms with van der Waals surface area (Å²) in [5, 5.41) is 4.31. The first kappa shape index (κ1) is 19.1. The van der Waals surface area contributed by atoms with E-state index in [1.165, 1.54) is 0 Å². The summed E-state index contributed by atoms with van der Waals surface area (Å²) in [6, 6.07) is 20.8. The third-order valence-corrected chi connectivity index (χ3v) is 3.80. The number of nitrogens with one attached hydrogen (secondary N) is 1. The van der Waals surface area contributed by atoms with Gasteiger partial charge in [0.25, 0.3) is 0 Å². The molecule has 1 heterocycles. The smallest absolute Gasteiger partial charge is 0.172 e. The highest BCUT2D eigenvalue weighted by Crippen LogP contribution is 2.19. The maximum Gasteiger partial charge on any atom is 0.172 e. The van der Waals surface area contributed by atoms with Crippen LogP contribution in [0.1, 0.15) is 18.2 Å². The normalized spacial score (nSPS) is 11.4. The molecule has 0 saturated carbocycles. The number of benzene rings is 2. The minimum atomic E-state index is 0.550. The lowest BCUT2D eigenvalue weighted by atomic mass is 10.2. The van der Waals surface area contributed by atoms with Crippen molar-refractivity contribution in [3.63, 3.8) is 0 Å². The predicted molar refractivity (Wildman–Crippen MR) is 112 cm³/mol. The van der Waals surface area contributed by atoms with Crippen molar-refractivity contribution in [3.8, 4) is 11.5 Å². The van der Waals surface area contributed by atoms with Crippen LogP contribution in [0.5, 0.6) is 11.5 Å². The van der Waals surface area contributed by atoms with Crippen LogP contribution >= 0.6 is 0 Å². The molecule has 0 amide bonds. The molecule has 6 heteroatoms. The molecule has 142 valence electrons. The molecule has 0 aliphatic carbocycles. The Balaban J connectivity index is 1.79. The number of aromatic nitrogens is 1. The lowest BCUT2D eigenvalue weighted by molar-refractivity contribution is 0.340. The monoisotopic (exact) mass is 374 g/mol. The molecule has 2 aromatic carbocycles. The molecule has 0 spiro atoms. The van der Waals surface area contributed by atoms with E-state index in [-0.39, 0.29) is 0 Å². The fraction of sp³-hybridized carbons (Fsp3) is 0.136. The number of methoxy groups -OCH3 is 1. The lowest BCUT2D eigenvalue weighted by Crippen LogP contribution is -2.20. The van der Waals surface area contributed by atoms with E-state index < -0.39 is 0 Å². The summed E-state index contributed by atoms with van der Waals surface area (Å²) in [6.45, 7) is 2.58. The minimum absolute atomic E-state index is 0.550. The van der Waals surface area contributed by atoms with Crippen molar-refractivity contribution in [2.75, 3.05) is 13.7 Å². The van der Waals surface area contributed by atoms with E-state index >= 15 is 0 Å². The zero-order valence-electron chi connectivity index (χ0n) is 15.9. The standard InChI is InChI=1S/C22H22N4O2/c1-3-28-20-13-9-18(10-14-20)25-22(21-6-4-5-15-23-21)26-24-16-17-7-11-19(27-2)12-8-17/h4-16H,3H2,1-2H3,(H,25,26). The Morgan fingerprint density at radius 3 is 2.39 bits per heavy atom. The maximum atomic E-state index is 5.47. The van der Waals surface area contributed by atoms with Gasteiger partial charge < -0.3 is 9.47 Å². The minimum Gasteiger partial charge on any atom is -0.497 e. The van der Waals surface area contributed by atoms with Crippen LogP contribution in [0.4, 0.5) is 5.69 Å². The summed E-state index contributed by atoms with van der Waals surface area (Å²) in [5.74, 6) is 2.16. The van der Waals surface area contributed by atoms with Crippen molar-refractivity contribution >= 4 is 17.7 Å². The maximum absolute atomic E-state index is 5.47. The topological polar surface area (TPSA) is 68.1 Å². The molecule has 0 aliphatic heterocycles. The molecular formula is C22H22N4O2. The van der Waals surface area contributed by atoms with Crippen molar-refractivity contribution in [2.24, 2.45) is 10.1 Å². The Morgan fingerprint density at radius 1 is 1.00 bits per heavy atom. The number of amidine groups is 1. The number of hydrogen-bond acceptors (Lipinski definition) is 5. The Labute approximate surface area is 164 Å². The molecule has 0 bridgehead atoms. The average molecular weight is 374 g/mol. The molecule has 1 aromatic heterocycles. The van der Waals surface area contributed by atoms with Gasteiger partial charge in [-0.05, 0) is 73.2 Å². The number of aliphatic imine (C=N–C) groups is 1. The lowest BCUT2D eigenvalue weighted by Gasteiger charge is -2.06. The van der Waals surface area contributed by atoms with Gasteiger partial charge in [0.1, 0.15) is 17.2 Å². The third-order valence-electron chi connectivity index (χ3n) is 3.80. The van der Waals surface area contributed by atoms with Crippen LogP contribution in [-0.2, 0) is 0 Å². The van der Waals surface area contributed by atoms with Gasteiger partial charge in [0.2, 0.25) is 0 Å². The van der Waals surface area contributed by atoms with E-state index in [1.807, 2.05) is 73.7 Å². The van der Waals surface area contributed by atoms with E-state index in [9.17, 15) is 0 Å². The zero-order chi connectivity index (χ0) is 19.6. The molecule has 0 atom stereocenters. The molecular weight excluding hydrogens is 352 g/mol. The first-order valence-electron chi connectivity index (χ1n) is 8.94. The van der Waals surface area contributed by atoms with Gasteiger partial charge in [-0.1, -0.05) is 6.07 Å². The van der Waals surface area contributed by atoms with Crippen LogP contribution in [-0.4, -0.2) is 30.8 Å². The third kappa shape index (κ3) is 5.41. The van der Waals surface area contributed by atoms with Crippen molar-refractivity contribution in [1.82, 2.24) is 10.4 Å². The first-order chi connectivity index (χ1) is 13.8. The van der Waals surface area contributed by atoms with Crippen molar-refractivity contribution in [1.29, 1.82) is 0 Å². The number of ether oxygens (including phenoxy) is 2. The second-order valence-corrected chi connectivity index (χ2v) is 5.75. The van der Waals surface area contributed by atoms with Crippen LogP contribution in [0.25, 0.3) is 0 Å². The van der Waals surface area contributed by atoms with Gasteiger partial charge in [-0.3, -0.25) is 10.4 Å². The van der Waals surface area contributed by atoms with Gasteiger partial charge in [0.15, 0.2) is 5.84 Å². The highest BCUT2D eigenvalue weighted by atomic mass is 16.5. The van der Waals surface area contributed by atoms with Gasteiger partial charge in [-0.15, -0.1) is 0 Å². The molecule has 3 aromatic rings. The van der Waals surface area contributed by atoms with E-state index in [2.05, 4.69) is 20.5 Å². The Bertz CT molecular complexity index is 921. The highest BCUT2D eigenvalue weighted by molar-refractivity contribution is 5.99. The molecule has 0 saturated heterocycles. The number of hydrazone groups is 1. The second kappa shape index (κ2) is 9.87. The summed E-state index contributed by atoms with van der Waals surface area (Å²) < 4.78 is 10.6. The van der Waals surface area contributed by atoms with Gasteiger partial charge >= 0.3 is 0 Å². The predicted octanol–water partition coefficient (Wildman–Crippen LogP) is 4.19. The molecule has 6 nitrogen and oxygen atoms in total. The summed E-state index contributed by atoms with van der Waals surface area (Å²) in [4.78, 5) is 9.00. The van der Waals surface area contributed by atoms with Crippen molar-refractivity contribution in [3.05, 3.63) is 84.2 Å². The van der Waals surface area contributed by atoms with Crippen LogP contribution in [0.2, 0.25) is 0 Å². The van der Waals surface area contributed by atoms with Crippen molar-refractivity contribution in [2.45, 2.75) is 6.92 Å². The van der Waals surface area contributed by atoms with Crippen LogP contribution in [0.3, 0.4) is 0 Å². The van der Waals surface area contributed by atoms with Gasteiger partial charge in [-0.2, -0.15) is 5.10 Å². The Morgan fingerprint density at radius 2 is 1.75 bits per heavy atom.